The van der Waals surface area contributed by atoms with Crippen LogP contribution in [-0.2, 0) is 4.79 Å². The van der Waals surface area contributed by atoms with Crippen LogP contribution >= 0.6 is 0 Å². The highest BCUT2D eigenvalue weighted by atomic mass is 19.4. The Morgan fingerprint density at radius 2 is 1.95 bits per heavy atom. The van der Waals surface area contributed by atoms with E-state index < -0.39 is 12.2 Å². The minimum Gasteiger partial charge on any atom is -0.353 e. The standard InChI is InChI=1S/C12H20F3N3O/c1-2-17-5-3-9(4-6-17)18-8-11(19)16-7-10(18)12(13,14)15/h9-10H,2-8H2,1H3,(H,16,19). The first-order chi connectivity index (χ1) is 8.91. The summed E-state index contributed by atoms with van der Waals surface area (Å²) in [4.78, 5) is 15.0. The number of carbonyl (C=O) groups is 1. The molecule has 0 aromatic heterocycles. The molecule has 4 nitrogen and oxygen atoms in total. The third-order valence-electron chi connectivity index (χ3n) is 4.07. The number of piperazine rings is 1. The van der Waals surface area contributed by atoms with Crippen LogP contribution in [-0.4, -0.2) is 66.7 Å². The van der Waals surface area contributed by atoms with Crippen molar-refractivity contribution in [2.45, 2.75) is 38.0 Å². The van der Waals surface area contributed by atoms with Crippen LogP contribution in [0.1, 0.15) is 19.8 Å². The Bertz CT molecular complexity index is 327. The number of piperidine rings is 1. The highest BCUT2D eigenvalue weighted by Crippen LogP contribution is 2.30. The normalized spacial score (nSPS) is 28.4. The Labute approximate surface area is 110 Å². The van der Waals surface area contributed by atoms with Gasteiger partial charge in [0.1, 0.15) is 6.04 Å². The lowest BCUT2D eigenvalue weighted by Crippen LogP contribution is -2.63. The first-order valence-electron chi connectivity index (χ1n) is 6.73. The van der Waals surface area contributed by atoms with Crippen molar-refractivity contribution in [3.8, 4) is 0 Å². The molecule has 1 atom stereocenters. The fourth-order valence-electron chi connectivity index (χ4n) is 2.91. The maximum Gasteiger partial charge on any atom is 0.405 e. The molecule has 2 saturated heterocycles. The van der Waals surface area contributed by atoms with E-state index in [0.29, 0.717) is 12.8 Å². The molecule has 0 aromatic rings. The molecule has 0 aliphatic carbocycles. The van der Waals surface area contributed by atoms with Crippen LogP contribution < -0.4 is 5.32 Å². The monoisotopic (exact) mass is 279 g/mol. The van der Waals surface area contributed by atoms with Crippen LogP contribution in [0.4, 0.5) is 13.2 Å². The molecule has 7 heteroatoms. The third kappa shape index (κ3) is 3.39. The van der Waals surface area contributed by atoms with Crippen molar-refractivity contribution in [1.82, 2.24) is 15.1 Å². The third-order valence-corrected chi connectivity index (χ3v) is 4.07. The summed E-state index contributed by atoms with van der Waals surface area (Å²) in [7, 11) is 0. The summed E-state index contributed by atoms with van der Waals surface area (Å²) in [5.74, 6) is -0.307. The summed E-state index contributed by atoms with van der Waals surface area (Å²) in [5, 5.41) is 2.32. The molecule has 1 amide bonds. The van der Waals surface area contributed by atoms with Gasteiger partial charge in [0.15, 0.2) is 0 Å². The molecule has 0 saturated carbocycles. The number of amides is 1. The fourth-order valence-corrected chi connectivity index (χ4v) is 2.91. The van der Waals surface area contributed by atoms with Crippen molar-refractivity contribution in [2.24, 2.45) is 0 Å². The lowest BCUT2D eigenvalue weighted by atomic mass is 9.99. The first-order valence-corrected chi connectivity index (χ1v) is 6.73. The number of hydrogen-bond acceptors (Lipinski definition) is 3. The van der Waals surface area contributed by atoms with Crippen LogP contribution in [0.5, 0.6) is 0 Å². The van der Waals surface area contributed by atoms with Crippen LogP contribution in [0, 0.1) is 0 Å². The van der Waals surface area contributed by atoms with Crippen LogP contribution in [0.15, 0.2) is 0 Å². The zero-order valence-electron chi connectivity index (χ0n) is 11.0. The van der Waals surface area contributed by atoms with Gasteiger partial charge in [-0.15, -0.1) is 0 Å². The number of nitrogens with zero attached hydrogens (tertiary/aromatic N) is 2. The molecule has 2 aliphatic heterocycles. The summed E-state index contributed by atoms with van der Waals surface area (Å²) in [6.45, 7) is 4.13. The maximum absolute atomic E-state index is 13.0. The van der Waals surface area contributed by atoms with Crippen LogP contribution in [0.2, 0.25) is 0 Å². The molecule has 0 aromatic carbocycles. The van der Waals surface area contributed by atoms with Gasteiger partial charge in [0, 0.05) is 12.6 Å². The van der Waals surface area contributed by atoms with Gasteiger partial charge in [0.2, 0.25) is 5.91 Å². The minimum absolute atomic E-state index is 0.138. The van der Waals surface area contributed by atoms with E-state index in [4.69, 9.17) is 0 Å². The molecule has 2 fully saturated rings. The molecule has 19 heavy (non-hydrogen) atoms. The first kappa shape index (κ1) is 14.6. The number of nitrogens with one attached hydrogen (secondary N) is 1. The summed E-state index contributed by atoms with van der Waals surface area (Å²) in [6, 6.07) is -1.68. The Hall–Kier alpha value is -0.820. The predicted molar refractivity (Wildman–Crippen MR) is 64.7 cm³/mol. The van der Waals surface area contributed by atoms with E-state index in [-0.39, 0.29) is 25.0 Å². The summed E-state index contributed by atoms with van der Waals surface area (Å²) < 4.78 is 39.0. The Kier molecular flexibility index (Phi) is 4.35. The largest absolute Gasteiger partial charge is 0.405 e. The molecule has 0 bridgehead atoms. The number of rotatable bonds is 2. The van der Waals surface area contributed by atoms with E-state index >= 15 is 0 Å². The smallest absolute Gasteiger partial charge is 0.353 e. The van der Waals surface area contributed by atoms with Crippen LogP contribution in [0.25, 0.3) is 0 Å². The second kappa shape index (κ2) is 5.66. The number of halogens is 3. The van der Waals surface area contributed by atoms with E-state index in [9.17, 15) is 18.0 Å². The topological polar surface area (TPSA) is 35.6 Å². The van der Waals surface area contributed by atoms with Gasteiger partial charge in [0.05, 0.1) is 6.54 Å². The molecule has 2 heterocycles. The molecular weight excluding hydrogens is 259 g/mol. The van der Waals surface area contributed by atoms with Gasteiger partial charge in [-0.1, -0.05) is 6.92 Å². The molecule has 1 unspecified atom stereocenters. The van der Waals surface area contributed by atoms with Crippen molar-refractivity contribution >= 4 is 5.91 Å². The van der Waals surface area contributed by atoms with Crippen molar-refractivity contribution in [3.63, 3.8) is 0 Å². The summed E-state index contributed by atoms with van der Waals surface area (Å²) in [5.41, 5.74) is 0. The number of hydrogen-bond donors (Lipinski definition) is 1. The number of likely N-dealkylation sites (tertiary alicyclic amines) is 1. The van der Waals surface area contributed by atoms with Crippen molar-refractivity contribution < 1.29 is 18.0 Å². The van der Waals surface area contributed by atoms with Gasteiger partial charge in [-0.2, -0.15) is 13.2 Å². The summed E-state index contributed by atoms with van der Waals surface area (Å²) >= 11 is 0. The van der Waals surface area contributed by atoms with Gasteiger partial charge < -0.3 is 10.2 Å². The minimum atomic E-state index is -4.28. The molecule has 0 spiro atoms. The number of carbonyl (C=O) groups excluding carboxylic acids is 1. The summed E-state index contributed by atoms with van der Waals surface area (Å²) in [6.07, 6.45) is -2.88. The van der Waals surface area contributed by atoms with E-state index in [2.05, 4.69) is 10.2 Å². The van der Waals surface area contributed by atoms with E-state index in [1.807, 2.05) is 6.92 Å². The molecular formula is C12H20F3N3O. The van der Waals surface area contributed by atoms with Crippen molar-refractivity contribution in [1.29, 1.82) is 0 Å². The van der Waals surface area contributed by atoms with Gasteiger partial charge in [-0.25, -0.2) is 0 Å². The highest BCUT2D eigenvalue weighted by Gasteiger charge is 2.48. The second-order valence-corrected chi connectivity index (χ2v) is 5.20. The average Bonchev–Trinajstić information content (AvgIpc) is 2.37. The van der Waals surface area contributed by atoms with Crippen LogP contribution in [0.3, 0.4) is 0 Å². The maximum atomic E-state index is 13.0. The lowest BCUT2D eigenvalue weighted by molar-refractivity contribution is -0.196. The van der Waals surface area contributed by atoms with Crippen molar-refractivity contribution in [2.75, 3.05) is 32.7 Å². The SMILES string of the molecule is CCN1CCC(N2CC(=O)NCC2C(F)(F)F)CC1. The van der Waals surface area contributed by atoms with Gasteiger partial charge in [0.25, 0.3) is 0 Å². The van der Waals surface area contributed by atoms with Gasteiger partial charge >= 0.3 is 6.18 Å². The molecule has 2 aliphatic rings. The Balaban J connectivity index is 2.04. The number of alkyl halides is 3. The Morgan fingerprint density at radius 3 is 2.47 bits per heavy atom. The predicted octanol–water partition coefficient (Wildman–Crippen LogP) is 0.833. The van der Waals surface area contributed by atoms with Gasteiger partial charge in [-0.05, 0) is 32.5 Å². The molecule has 2 rings (SSSR count). The molecule has 0 radical (unpaired) electrons. The van der Waals surface area contributed by atoms with E-state index in [1.54, 1.807) is 0 Å². The van der Waals surface area contributed by atoms with Crippen molar-refractivity contribution in [3.05, 3.63) is 0 Å². The Morgan fingerprint density at radius 1 is 1.32 bits per heavy atom. The highest BCUT2D eigenvalue weighted by molar-refractivity contribution is 5.79. The lowest BCUT2D eigenvalue weighted by Gasteiger charge is -2.44. The molecule has 110 valence electrons. The average molecular weight is 279 g/mol. The fraction of sp³-hybridized carbons (Fsp3) is 0.917. The zero-order valence-corrected chi connectivity index (χ0v) is 11.0. The van der Waals surface area contributed by atoms with E-state index in [0.717, 1.165) is 19.6 Å². The quantitative estimate of drug-likeness (QED) is 0.813. The zero-order chi connectivity index (χ0) is 14.0. The van der Waals surface area contributed by atoms with E-state index in [1.165, 1.54) is 4.90 Å². The second-order valence-electron chi connectivity index (χ2n) is 5.20. The molecule has 1 N–H and O–H groups in total. The van der Waals surface area contributed by atoms with Gasteiger partial charge in [-0.3, -0.25) is 9.69 Å².